The summed E-state index contributed by atoms with van der Waals surface area (Å²) in [5.74, 6) is 4.58. The van der Waals surface area contributed by atoms with Crippen molar-refractivity contribution in [3.8, 4) is 11.8 Å². The number of ether oxygens (including phenoxy) is 1. The second-order valence-corrected chi connectivity index (χ2v) is 11.0. The molecule has 0 aliphatic heterocycles. The number of alkyl carbamates (subject to hydrolysis) is 1. The Morgan fingerprint density at radius 3 is 2.14 bits per heavy atom. The molecule has 5 N–H and O–H groups in total. The second kappa shape index (κ2) is 13.5. The molecule has 2 unspecified atom stereocenters. The Kier molecular flexibility index (Phi) is 8.92. The van der Waals surface area contributed by atoms with Gasteiger partial charge in [0.05, 0.1) is 5.92 Å². The number of aromatic amines is 2. The first-order valence-electron chi connectivity index (χ1n) is 14.9. The normalized spacial score (nSPS) is 15.5. The SMILES string of the molecule is O=C(NCCc1c[nH]c2ccccc12)OCCN(CCc1c[nH]c2ccccc12)Cc1ccc(C2C#CC2C(=O)NO)cc1. The summed E-state index contributed by atoms with van der Waals surface area (Å²) in [7, 11) is 0. The van der Waals surface area contributed by atoms with Crippen LogP contribution in [0.2, 0.25) is 0 Å². The van der Waals surface area contributed by atoms with E-state index in [0.29, 0.717) is 26.1 Å². The number of carbonyl (C=O) groups is 2. The van der Waals surface area contributed by atoms with Crippen LogP contribution in [-0.2, 0) is 28.9 Å². The number of carbonyl (C=O) groups excluding carboxylic acids is 2. The lowest BCUT2D eigenvalue weighted by Crippen LogP contribution is -2.34. The van der Waals surface area contributed by atoms with Gasteiger partial charge in [-0.2, -0.15) is 0 Å². The number of hydrogen-bond acceptors (Lipinski definition) is 5. The van der Waals surface area contributed by atoms with Crippen LogP contribution >= 0.6 is 0 Å². The van der Waals surface area contributed by atoms with E-state index in [4.69, 9.17) is 9.94 Å². The largest absolute Gasteiger partial charge is 0.448 e. The average Bonchev–Trinajstić information content (AvgIpc) is 3.64. The van der Waals surface area contributed by atoms with Crippen LogP contribution in [0.5, 0.6) is 0 Å². The number of nitrogens with one attached hydrogen (secondary N) is 4. The highest BCUT2D eigenvalue weighted by molar-refractivity contribution is 5.85. The van der Waals surface area contributed by atoms with Crippen molar-refractivity contribution in [1.82, 2.24) is 25.7 Å². The Morgan fingerprint density at radius 1 is 0.841 bits per heavy atom. The summed E-state index contributed by atoms with van der Waals surface area (Å²) in [5.41, 5.74) is 8.35. The first kappa shape index (κ1) is 29.1. The predicted octanol–water partition coefficient (Wildman–Crippen LogP) is 4.89. The zero-order valence-corrected chi connectivity index (χ0v) is 24.3. The molecule has 44 heavy (non-hydrogen) atoms. The number of rotatable bonds is 13. The van der Waals surface area contributed by atoms with Gasteiger partial charge in [0.1, 0.15) is 12.5 Å². The lowest BCUT2D eigenvalue weighted by Gasteiger charge is -2.24. The van der Waals surface area contributed by atoms with Crippen LogP contribution in [0.1, 0.15) is 28.2 Å². The molecule has 0 radical (unpaired) electrons. The van der Waals surface area contributed by atoms with Crippen LogP contribution in [0.4, 0.5) is 4.79 Å². The Morgan fingerprint density at radius 2 is 1.50 bits per heavy atom. The number of amides is 2. The highest BCUT2D eigenvalue weighted by Crippen LogP contribution is 2.30. The summed E-state index contributed by atoms with van der Waals surface area (Å²) in [6.07, 6.45) is 5.18. The van der Waals surface area contributed by atoms with Gasteiger partial charge in [0.25, 0.3) is 5.91 Å². The van der Waals surface area contributed by atoms with E-state index in [-0.39, 0.29) is 12.5 Å². The smallest absolute Gasteiger partial charge is 0.407 e. The van der Waals surface area contributed by atoms with Crippen molar-refractivity contribution >= 4 is 33.8 Å². The molecule has 0 bridgehead atoms. The number of aromatic nitrogens is 2. The Labute approximate surface area is 255 Å². The Balaban J connectivity index is 1.04. The monoisotopic (exact) mass is 589 g/mol. The van der Waals surface area contributed by atoms with Crippen LogP contribution in [0.15, 0.2) is 85.2 Å². The number of H-pyrrole nitrogens is 2. The van der Waals surface area contributed by atoms with E-state index in [0.717, 1.165) is 46.1 Å². The molecule has 9 heteroatoms. The van der Waals surface area contributed by atoms with Crippen LogP contribution in [0.3, 0.4) is 0 Å². The molecule has 9 nitrogen and oxygen atoms in total. The number of para-hydroxylation sites is 2. The zero-order chi connectivity index (χ0) is 30.3. The van der Waals surface area contributed by atoms with Crippen molar-refractivity contribution in [2.75, 3.05) is 26.2 Å². The molecule has 5 aromatic rings. The van der Waals surface area contributed by atoms with E-state index in [9.17, 15) is 9.59 Å². The van der Waals surface area contributed by atoms with Gasteiger partial charge in [-0.05, 0) is 47.2 Å². The molecule has 2 aromatic heterocycles. The fourth-order valence-corrected chi connectivity index (χ4v) is 5.74. The molecule has 2 amide bonds. The van der Waals surface area contributed by atoms with E-state index >= 15 is 0 Å². The van der Waals surface area contributed by atoms with Crippen LogP contribution in [-0.4, -0.2) is 58.3 Å². The highest BCUT2D eigenvalue weighted by atomic mass is 16.5. The maximum absolute atomic E-state index is 12.5. The summed E-state index contributed by atoms with van der Waals surface area (Å²) in [6.45, 7) is 2.78. The van der Waals surface area contributed by atoms with E-state index in [1.54, 1.807) is 5.48 Å². The molecule has 3 aromatic carbocycles. The van der Waals surface area contributed by atoms with Crippen molar-refractivity contribution in [3.05, 3.63) is 107 Å². The maximum Gasteiger partial charge on any atom is 0.407 e. The van der Waals surface area contributed by atoms with Crippen LogP contribution in [0, 0.1) is 17.8 Å². The number of benzene rings is 3. The standard InChI is InChI=1S/C35H35N5O4/c41-34(39-43)31-14-13-28(31)25-11-9-24(10-12-25)23-40(18-16-27-22-38-33-8-4-2-6-30(27)33)19-20-44-35(42)36-17-15-26-21-37-32-7-3-1-5-29(26)32/h1-12,21-22,28,31,37-38,43H,15-20,23H2,(H,36,42)(H,39,41). The second-order valence-electron chi connectivity index (χ2n) is 11.0. The molecule has 1 aliphatic rings. The molecule has 1 aliphatic carbocycles. The fraction of sp³-hybridized carbons (Fsp3) is 0.257. The topological polar surface area (TPSA) is 122 Å². The van der Waals surface area contributed by atoms with Crippen molar-refractivity contribution in [2.24, 2.45) is 5.92 Å². The van der Waals surface area contributed by atoms with Gasteiger partial charge in [0, 0.05) is 60.4 Å². The molecular weight excluding hydrogens is 554 g/mol. The van der Waals surface area contributed by atoms with E-state index in [1.165, 1.54) is 10.9 Å². The summed E-state index contributed by atoms with van der Waals surface area (Å²) >= 11 is 0. The summed E-state index contributed by atoms with van der Waals surface area (Å²) in [6, 6.07) is 24.5. The third-order valence-electron chi connectivity index (χ3n) is 8.22. The van der Waals surface area contributed by atoms with Gasteiger partial charge < -0.3 is 20.0 Å². The highest BCUT2D eigenvalue weighted by Gasteiger charge is 2.32. The number of nitrogens with zero attached hydrogens (tertiary/aromatic N) is 1. The molecular formula is C35H35N5O4. The number of fused-ring (bicyclic) bond motifs is 2. The lowest BCUT2D eigenvalue weighted by molar-refractivity contribution is -0.132. The zero-order valence-electron chi connectivity index (χ0n) is 24.3. The summed E-state index contributed by atoms with van der Waals surface area (Å²) in [5, 5.41) is 14.2. The minimum Gasteiger partial charge on any atom is -0.448 e. The third-order valence-corrected chi connectivity index (χ3v) is 8.22. The van der Waals surface area contributed by atoms with Crippen LogP contribution < -0.4 is 10.8 Å². The van der Waals surface area contributed by atoms with E-state index < -0.39 is 17.9 Å². The van der Waals surface area contributed by atoms with Crippen LogP contribution in [0.25, 0.3) is 21.8 Å². The van der Waals surface area contributed by atoms with Gasteiger partial charge in [-0.25, -0.2) is 10.3 Å². The molecule has 224 valence electrons. The summed E-state index contributed by atoms with van der Waals surface area (Å²) in [4.78, 5) is 33.2. The Hall–Kier alpha value is -5.04. The van der Waals surface area contributed by atoms with Crippen molar-refractivity contribution in [1.29, 1.82) is 0 Å². The van der Waals surface area contributed by atoms with Crippen molar-refractivity contribution in [2.45, 2.75) is 25.3 Å². The lowest BCUT2D eigenvalue weighted by atomic mass is 9.79. The van der Waals surface area contributed by atoms with Gasteiger partial charge in [0.2, 0.25) is 0 Å². The quantitative estimate of drug-likeness (QED) is 0.0761. The molecule has 6 rings (SSSR count). The number of hydrogen-bond donors (Lipinski definition) is 5. The molecule has 0 spiro atoms. The van der Waals surface area contributed by atoms with Gasteiger partial charge in [-0.1, -0.05) is 72.5 Å². The van der Waals surface area contributed by atoms with Gasteiger partial charge in [0.15, 0.2) is 0 Å². The van der Waals surface area contributed by atoms with E-state index in [2.05, 4.69) is 56.4 Å². The first-order chi connectivity index (χ1) is 21.6. The predicted molar refractivity (Wildman–Crippen MR) is 169 cm³/mol. The maximum atomic E-state index is 12.5. The van der Waals surface area contributed by atoms with Crippen molar-refractivity contribution in [3.63, 3.8) is 0 Å². The summed E-state index contributed by atoms with van der Waals surface area (Å²) < 4.78 is 5.56. The van der Waals surface area contributed by atoms with Gasteiger partial charge in [-0.15, -0.1) is 0 Å². The minimum absolute atomic E-state index is 0.225. The molecule has 0 saturated heterocycles. The average molecular weight is 590 g/mol. The first-order valence-corrected chi connectivity index (χ1v) is 14.9. The molecule has 2 heterocycles. The molecule has 0 fully saturated rings. The minimum atomic E-state index is -0.538. The fourth-order valence-electron chi connectivity index (χ4n) is 5.74. The Bertz CT molecular complexity index is 1810. The molecule has 0 saturated carbocycles. The van der Waals surface area contributed by atoms with Gasteiger partial charge >= 0.3 is 6.09 Å². The van der Waals surface area contributed by atoms with Gasteiger partial charge in [-0.3, -0.25) is 14.9 Å². The van der Waals surface area contributed by atoms with Crippen molar-refractivity contribution < 1.29 is 19.5 Å². The third kappa shape index (κ3) is 6.62. The number of hydroxylamine groups is 1. The molecule has 2 atom stereocenters. The van der Waals surface area contributed by atoms with E-state index in [1.807, 2.05) is 60.8 Å².